The molecule has 3 atom stereocenters. The van der Waals surface area contributed by atoms with Gasteiger partial charge in [-0.25, -0.2) is 4.98 Å². The molecule has 1 heterocycles. The van der Waals surface area contributed by atoms with Crippen LogP contribution in [0.5, 0.6) is 0 Å². The Hall–Kier alpha value is -1.57. The zero-order valence-corrected chi connectivity index (χ0v) is 11.2. The van der Waals surface area contributed by atoms with E-state index in [0.717, 1.165) is 35.6 Å². The Labute approximate surface area is 114 Å². The van der Waals surface area contributed by atoms with Gasteiger partial charge in [0.25, 0.3) is 0 Å². The highest BCUT2D eigenvalue weighted by atomic mass is 15.0. The second-order valence-corrected chi connectivity index (χ2v) is 6.21. The third kappa shape index (κ3) is 2.09. The van der Waals surface area contributed by atoms with Crippen LogP contribution in [0, 0.1) is 17.8 Å². The Morgan fingerprint density at radius 2 is 2.00 bits per heavy atom. The average Bonchev–Trinajstić information content (AvgIpc) is 3.07. The molecule has 2 aliphatic carbocycles. The van der Waals surface area contributed by atoms with Crippen LogP contribution in [-0.2, 0) is 0 Å². The summed E-state index contributed by atoms with van der Waals surface area (Å²) in [4.78, 5) is 4.69. The van der Waals surface area contributed by atoms with Gasteiger partial charge < -0.3 is 5.32 Å². The first-order valence-corrected chi connectivity index (χ1v) is 7.48. The zero-order valence-electron chi connectivity index (χ0n) is 11.2. The summed E-state index contributed by atoms with van der Waals surface area (Å²) >= 11 is 0. The second-order valence-electron chi connectivity index (χ2n) is 6.21. The lowest BCUT2D eigenvalue weighted by Gasteiger charge is -2.22. The van der Waals surface area contributed by atoms with E-state index < -0.39 is 0 Å². The fraction of sp³-hybridized carbons (Fsp3) is 0.471. The van der Waals surface area contributed by atoms with E-state index in [4.69, 9.17) is 0 Å². The van der Waals surface area contributed by atoms with E-state index in [1.807, 2.05) is 0 Å². The predicted molar refractivity (Wildman–Crippen MR) is 79.2 cm³/mol. The van der Waals surface area contributed by atoms with Gasteiger partial charge in [-0.05, 0) is 55.2 Å². The van der Waals surface area contributed by atoms with Crippen LogP contribution >= 0.6 is 0 Å². The summed E-state index contributed by atoms with van der Waals surface area (Å²) in [6.07, 6.45) is 5.86. The smallest absolute Gasteiger partial charge is 0.126 e. The molecule has 1 N–H and O–H groups in total. The third-order valence-electron chi connectivity index (χ3n) is 5.03. The molecule has 2 saturated carbocycles. The molecule has 0 aliphatic heterocycles. The van der Waals surface area contributed by atoms with Crippen LogP contribution in [0.1, 0.15) is 25.7 Å². The molecule has 98 valence electrons. The average molecular weight is 252 g/mol. The van der Waals surface area contributed by atoms with Crippen LogP contribution in [0.25, 0.3) is 10.9 Å². The highest BCUT2D eigenvalue weighted by Gasteiger charge is 2.38. The monoisotopic (exact) mass is 252 g/mol. The quantitative estimate of drug-likeness (QED) is 0.890. The van der Waals surface area contributed by atoms with Crippen molar-refractivity contribution in [1.29, 1.82) is 0 Å². The largest absolute Gasteiger partial charge is 0.370 e. The van der Waals surface area contributed by atoms with E-state index in [2.05, 4.69) is 46.7 Å². The van der Waals surface area contributed by atoms with Gasteiger partial charge >= 0.3 is 0 Å². The Balaban J connectivity index is 1.46. The molecule has 2 fully saturated rings. The Morgan fingerprint density at radius 3 is 2.84 bits per heavy atom. The minimum atomic E-state index is 0.882. The molecule has 4 rings (SSSR count). The van der Waals surface area contributed by atoms with Crippen LogP contribution in [0.3, 0.4) is 0 Å². The Morgan fingerprint density at radius 1 is 1.05 bits per heavy atom. The molecule has 1 aromatic heterocycles. The summed E-state index contributed by atoms with van der Waals surface area (Å²) < 4.78 is 0. The molecule has 2 aromatic rings. The van der Waals surface area contributed by atoms with Crippen molar-refractivity contribution in [3.63, 3.8) is 0 Å². The Bertz CT molecular complexity index is 593. The standard InChI is InChI=1S/C17H20N2/c1-2-4-16-13(3-1)7-8-17(19-16)18-11-15-10-12-5-6-14(15)9-12/h1-4,7-8,12,14-15H,5-6,9-11H2,(H,18,19). The normalized spacial score (nSPS) is 28.9. The summed E-state index contributed by atoms with van der Waals surface area (Å²) in [5, 5.41) is 4.77. The van der Waals surface area contributed by atoms with Crippen molar-refractivity contribution in [3.05, 3.63) is 36.4 Å². The Kier molecular flexibility index (Phi) is 2.68. The fourth-order valence-corrected chi connectivity index (χ4v) is 4.03. The van der Waals surface area contributed by atoms with Crippen LogP contribution in [0.15, 0.2) is 36.4 Å². The maximum Gasteiger partial charge on any atom is 0.126 e. The van der Waals surface area contributed by atoms with Crippen molar-refractivity contribution < 1.29 is 0 Å². The highest BCUT2D eigenvalue weighted by molar-refractivity contribution is 5.80. The number of para-hydroxylation sites is 1. The van der Waals surface area contributed by atoms with Gasteiger partial charge in [-0.2, -0.15) is 0 Å². The maximum atomic E-state index is 4.69. The SMILES string of the molecule is c1ccc2nc(NCC3CC4CCC3C4)ccc2c1. The predicted octanol–water partition coefficient (Wildman–Crippen LogP) is 4.08. The molecule has 1 aromatic carbocycles. The number of hydrogen-bond donors (Lipinski definition) is 1. The van der Waals surface area contributed by atoms with E-state index >= 15 is 0 Å². The lowest BCUT2D eigenvalue weighted by Crippen LogP contribution is -2.20. The van der Waals surface area contributed by atoms with Gasteiger partial charge in [0.2, 0.25) is 0 Å². The van der Waals surface area contributed by atoms with Crippen molar-refractivity contribution in [3.8, 4) is 0 Å². The molecule has 2 heteroatoms. The summed E-state index contributed by atoms with van der Waals surface area (Å²) in [6, 6.07) is 12.6. The molecular formula is C17H20N2. The number of fused-ring (bicyclic) bond motifs is 3. The van der Waals surface area contributed by atoms with Gasteiger partial charge in [-0.3, -0.25) is 0 Å². The van der Waals surface area contributed by atoms with Gasteiger partial charge in [-0.15, -0.1) is 0 Å². The molecule has 19 heavy (non-hydrogen) atoms. The van der Waals surface area contributed by atoms with Gasteiger partial charge in [0.15, 0.2) is 0 Å². The first-order chi connectivity index (χ1) is 9.38. The van der Waals surface area contributed by atoms with Crippen LogP contribution in [0.4, 0.5) is 5.82 Å². The first-order valence-electron chi connectivity index (χ1n) is 7.48. The fourth-order valence-electron chi connectivity index (χ4n) is 4.03. The highest BCUT2D eigenvalue weighted by Crippen LogP contribution is 2.48. The van der Waals surface area contributed by atoms with Crippen molar-refractivity contribution in [2.75, 3.05) is 11.9 Å². The van der Waals surface area contributed by atoms with Gasteiger partial charge in [0.05, 0.1) is 5.52 Å². The van der Waals surface area contributed by atoms with Crippen molar-refractivity contribution in [2.45, 2.75) is 25.7 Å². The molecular weight excluding hydrogens is 232 g/mol. The van der Waals surface area contributed by atoms with E-state index in [9.17, 15) is 0 Å². The molecule has 3 unspecified atom stereocenters. The second kappa shape index (κ2) is 4.52. The lowest BCUT2D eigenvalue weighted by molar-refractivity contribution is 0.348. The number of nitrogens with zero attached hydrogens (tertiary/aromatic N) is 1. The molecule has 2 aliphatic rings. The van der Waals surface area contributed by atoms with Crippen molar-refractivity contribution in [1.82, 2.24) is 4.98 Å². The lowest BCUT2D eigenvalue weighted by atomic mass is 9.89. The van der Waals surface area contributed by atoms with Gasteiger partial charge in [-0.1, -0.05) is 24.6 Å². The summed E-state index contributed by atoms with van der Waals surface area (Å²) in [5.74, 6) is 3.92. The topological polar surface area (TPSA) is 24.9 Å². The first kappa shape index (κ1) is 11.3. The molecule has 0 saturated heterocycles. The van der Waals surface area contributed by atoms with Crippen molar-refractivity contribution >= 4 is 16.7 Å². The molecule has 0 radical (unpaired) electrons. The zero-order chi connectivity index (χ0) is 12.7. The number of nitrogens with one attached hydrogen (secondary N) is 1. The van der Waals surface area contributed by atoms with E-state index in [0.29, 0.717) is 0 Å². The third-order valence-corrected chi connectivity index (χ3v) is 5.03. The molecule has 2 nitrogen and oxygen atoms in total. The van der Waals surface area contributed by atoms with Crippen LogP contribution in [-0.4, -0.2) is 11.5 Å². The number of hydrogen-bond acceptors (Lipinski definition) is 2. The van der Waals surface area contributed by atoms with Gasteiger partial charge in [0, 0.05) is 11.9 Å². The summed E-state index contributed by atoms with van der Waals surface area (Å²) in [6.45, 7) is 1.10. The number of aromatic nitrogens is 1. The molecule has 0 amide bonds. The molecule has 2 bridgehead atoms. The van der Waals surface area contributed by atoms with Crippen LogP contribution in [0.2, 0.25) is 0 Å². The molecule has 0 spiro atoms. The van der Waals surface area contributed by atoms with E-state index in [1.165, 1.54) is 31.1 Å². The van der Waals surface area contributed by atoms with Crippen molar-refractivity contribution in [2.24, 2.45) is 17.8 Å². The van der Waals surface area contributed by atoms with E-state index in [-0.39, 0.29) is 0 Å². The van der Waals surface area contributed by atoms with Crippen LogP contribution < -0.4 is 5.32 Å². The minimum Gasteiger partial charge on any atom is -0.370 e. The van der Waals surface area contributed by atoms with E-state index in [1.54, 1.807) is 0 Å². The number of pyridine rings is 1. The maximum absolute atomic E-state index is 4.69. The summed E-state index contributed by atoms with van der Waals surface area (Å²) in [5.41, 5.74) is 1.08. The number of benzene rings is 1. The summed E-state index contributed by atoms with van der Waals surface area (Å²) in [7, 11) is 0. The number of rotatable bonds is 3. The number of anilines is 1. The minimum absolute atomic E-state index is 0.882. The van der Waals surface area contributed by atoms with Gasteiger partial charge in [0.1, 0.15) is 5.82 Å².